The van der Waals surface area contributed by atoms with E-state index in [2.05, 4.69) is 20.7 Å². The van der Waals surface area contributed by atoms with Gasteiger partial charge in [0, 0.05) is 25.6 Å². The number of nitrogens with one attached hydrogen (secondary N) is 2. The molecule has 1 aliphatic rings. The Balaban J connectivity index is 2.03. The molecule has 1 saturated carbocycles. The van der Waals surface area contributed by atoms with Crippen LogP contribution in [0, 0.1) is 0 Å². The summed E-state index contributed by atoms with van der Waals surface area (Å²) < 4.78 is 0. The highest BCUT2D eigenvalue weighted by molar-refractivity contribution is 5.81. The molecule has 19 heavy (non-hydrogen) atoms. The number of amides is 1. The Labute approximate surface area is 112 Å². The second-order valence-electron chi connectivity index (χ2n) is 4.72. The van der Waals surface area contributed by atoms with E-state index in [-0.39, 0.29) is 12.5 Å². The van der Waals surface area contributed by atoms with Crippen LogP contribution in [0.3, 0.4) is 0 Å². The number of likely N-dealkylation sites (N-methyl/N-ethyl adjacent to an activating group) is 1. The van der Waals surface area contributed by atoms with Gasteiger partial charge in [-0.25, -0.2) is 15.8 Å². The van der Waals surface area contributed by atoms with E-state index in [9.17, 15) is 4.79 Å². The number of anilines is 2. The number of carbonyl (C=O) groups is 1. The summed E-state index contributed by atoms with van der Waals surface area (Å²) in [4.78, 5) is 22.1. The highest BCUT2D eigenvalue weighted by atomic mass is 16.2. The van der Waals surface area contributed by atoms with Crippen LogP contribution >= 0.6 is 0 Å². The lowest BCUT2D eigenvalue weighted by Gasteiger charge is -2.18. The van der Waals surface area contributed by atoms with Crippen molar-refractivity contribution in [3.8, 4) is 0 Å². The molecule has 0 saturated heterocycles. The van der Waals surface area contributed by atoms with E-state index in [0.717, 1.165) is 12.8 Å². The van der Waals surface area contributed by atoms with Gasteiger partial charge in [0.2, 0.25) is 5.91 Å². The zero-order valence-electron chi connectivity index (χ0n) is 11.3. The van der Waals surface area contributed by atoms with E-state index in [1.165, 1.54) is 0 Å². The van der Waals surface area contributed by atoms with Crippen LogP contribution in [0.5, 0.6) is 0 Å². The smallest absolute Gasteiger partial charge is 0.239 e. The highest BCUT2D eigenvalue weighted by Gasteiger charge is 2.23. The van der Waals surface area contributed by atoms with Crippen molar-refractivity contribution in [3.05, 3.63) is 11.9 Å². The van der Waals surface area contributed by atoms with Crippen molar-refractivity contribution >= 4 is 17.5 Å². The summed E-state index contributed by atoms with van der Waals surface area (Å²) >= 11 is 0. The average molecular weight is 264 g/mol. The standard InChI is InChI=1S/C12H20N6O/c1-3-9-15-10(17-13)6-11(16-9)18(2)7-12(19)14-8-4-5-8/h6,8H,3-5,7,13H2,1-2H3,(H,14,19)(H,15,16,17). The average Bonchev–Trinajstić information content (AvgIpc) is 3.21. The summed E-state index contributed by atoms with van der Waals surface area (Å²) in [5.74, 6) is 7.33. The van der Waals surface area contributed by atoms with Crippen LogP contribution in [-0.2, 0) is 11.2 Å². The fourth-order valence-electron chi connectivity index (χ4n) is 1.71. The van der Waals surface area contributed by atoms with Gasteiger partial charge in [0.15, 0.2) is 0 Å². The molecule has 1 aliphatic carbocycles. The largest absolute Gasteiger partial charge is 0.352 e. The first-order valence-electron chi connectivity index (χ1n) is 6.47. The van der Waals surface area contributed by atoms with Gasteiger partial charge < -0.3 is 15.6 Å². The Morgan fingerprint density at radius 3 is 2.84 bits per heavy atom. The van der Waals surface area contributed by atoms with Crippen molar-refractivity contribution in [2.75, 3.05) is 23.9 Å². The van der Waals surface area contributed by atoms with Gasteiger partial charge in [0.05, 0.1) is 6.54 Å². The molecular weight excluding hydrogens is 244 g/mol. The Bertz CT molecular complexity index is 437. The monoisotopic (exact) mass is 264 g/mol. The van der Waals surface area contributed by atoms with Crippen LogP contribution in [0.2, 0.25) is 0 Å². The second-order valence-corrected chi connectivity index (χ2v) is 4.72. The fraction of sp³-hybridized carbons (Fsp3) is 0.583. The molecule has 7 heteroatoms. The molecule has 0 atom stereocenters. The summed E-state index contributed by atoms with van der Waals surface area (Å²) in [6, 6.07) is 2.10. The number of hydrogen-bond acceptors (Lipinski definition) is 6. The lowest BCUT2D eigenvalue weighted by atomic mass is 10.4. The minimum Gasteiger partial charge on any atom is -0.352 e. The van der Waals surface area contributed by atoms with Crippen LogP contribution in [0.4, 0.5) is 11.6 Å². The molecule has 1 fully saturated rings. The van der Waals surface area contributed by atoms with E-state index in [1.807, 2.05) is 14.0 Å². The molecule has 1 aromatic heterocycles. The Kier molecular flexibility index (Phi) is 4.16. The Morgan fingerprint density at radius 1 is 1.53 bits per heavy atom. The van der Waals surface area contributed by atoms with Crippen LogP contribution < -0.4 is 21.5 Å². The minimum absolute atomic E-state index is 0.0175. The molecule has 1 heterocycles. The third kappa shape index (κ3) is 3.78. The molecule has 104 valence electrons. The lowest BCUT2D eigenvalue weighted by Crippen LogP contribution is -2.36. The van der Waals surface area contributed by atoms with Gasteiger partial charge in [-0.1, -0.05) is 6.92 Å². The number of carbonyl (C=O) groups excluding carboxylic acids is 1. The van der Waals surface area contributed by atoms with Gasteiger partial charge in [0.25, 0.3) is 0 Å². The van der Waals surface area contributed by atoms with Crippen molar-refractivity contribution < 1.29 is 4.79 Å². The molecule has 0 spiro atoms. The summed E-state index contributed by atoms with van der Waals surface area (Å²) in [6.45, 7) is 2.25. The zero-order chi connectivity index (χ0) is 13.8. The maximum atomic E-state index is 11.7. The molecule has 0 radical (unpaired) electrons. The molecule has 0 aromatic carbocycles. The van der Waals surface area contributed by atoms with Crippen LogP contribution in [0.25, 0.3) is 0 Å². The summed E-state index contributed by atoms with van der Waals surface area (Å²) in [7, 11) is 1.83. The normalized spacial score (nSPS) is 14.1. The predicted molar refractivity (Wildman–Crippen MR) is 73.7 cm³/mol. The van der Waals surface area contributed by atoms with Crippen molar-refractivity contribution in [2.45, 2.75) is 32.2 Å². The van der Waals surface area contributed by atoms with E-state index >= 15 is 0 Å². The van der Waals surface area contributed by atoms with Crippen molar-refractivity contribution in [1.82, 2.24) is 15.3 Å². The number of nitrogens with zero attached hydrogens (tertiary/aromatic N) is 3. The number of nitrogens with two attached hydrogens (primary N) is 1. The third-order valence-electron chi connectivity index (χ3n) is 2.94. The molecule has 4 N–H and O–H groups in total. The minimum atomic E-state index is 0.0175. The first-order chi connectivity index (χ1) is 9.12. The van der Waals surface area contributed by atoms with Gasteiger partial charge >= 0.3 is 0 Å². The van der Waals surface area contributed by atoms with Gasteiger partial charge in [0.1, 0.15) is 17.5 Å². The molecule has 0 bridgehead atoms. The van der Waals surface area contributed by atoms with Crippen molar-refractivity contribution in [1.29, 1.82) is 0 Å². The first-order valence-corrected chi connectivity index (χ1v) is 6.47. The number of aryl methyl sites for hydroxylation is 1. The highest BCUT2D eigenvalue weighted by Crippen LogP contribution is 2.19. The lowest BCUT2D eigenvalue weighted by molar-refractivity contribution is -0.119. The van der Waals surface area contributed by atoms with E-state index < -0.39 is 0 Å². The van der Waals surface area contributed by atoms with Crippen LogP contribution in [0.15, 0.2) is 6.07 Å². The van der Waals surface area contributed by atoms with Gasteiger partial charge in [-0.05, 0) is 12.8 Å². The predicted octanol–water partition coefficient (Wildman–Crippen LogP) is 0.0394. The molecule has 7 nitrogen and oxygen atoms in total. The first kappa shape index (κ1) is 13.5. The summed E-state index contributed by atoms with van der Waals surface area (Å²) in [6.07, 6.45) is 2.89. The number of aromatic nitrogens is 2. The molecule has 0 unspecified atom stereocenters. The molecular formula is C12H20N6O. The fourth-order valence-corrected chi connectivity index (χ4v) is 1.71. The maximum Gasteiger partial charge on any atom is 0.239 e. The zero-order valence-corrected chi connectivity index (χ0v) is 11.3. The maximum absolute atomic E-state index is 11.7. The van der Waals surface area contributed by atoms with Gasteiger partial charge in [-0.15, -0.1) is 0 Å². The van der Waals surface area contributed by atoms with E-state index in [4.69, 9.17) is 5.84 Å². The van der Waals surface area contributed by atoms with Gasteiger partial charge in [-0.3, -0.25) is 4.79 Å². The Hall–Kier alpha value is -1.89. The topological polar surface area (TPSA) is 96.2 Å². The number of hydrazine groups is 1. The summed E-state index contributed by atoms with van der Waals surface area (Å²) in [5, 5.41) is 2.95. The van der Waals surface area contributed by atoms with E-state index in [1.54, 1.807) is 11.0 Å². The van der Waals surface area contributed by atoms with Crippen molar-refractivity contribution in [2.24, 2.45) is 5.84 Å². The molecule has 0 aliphatic heterocycles. The quantitative estimate of drug-likeness (QED) is 0.496. The summed E-state index contributed by atoms with van der Waals surface area (Å²) in [5.41, 5.74) is 2.51. The van der Waals surface area contributed by atoms with E-state index in [0.29, 0.717) is 29.9 Å². The second kappa shape index (κ2) is 5.83. The van der Waals surface area contributed by atoms with Gasteiger partial charge in [-0.2, -0.15) is 0 Å². The molecule has 1 amide bonds. The third-order valence-corrected chi connectivity index (χ3v) is 2.94. The molecule has 1 aromatic rings. The molecule has 2 rings (SSSR count). The number of nitrogen functional groups attached to an aromatic ring is 1. The SMILES string of the molecule is CCc1nc(NN)cc(N(C)CC(=O)NC2CC2)n1. The Morgan fingerprint density at radius 2 is 2.26 bits per heavy atom. The number of rotatable bonds is 6. The van der Waals surface area contributed by atoms with Crippen molar-refractivity contribution in [3.63, 3.8) is 0 Å². The van der Waals surface area contributed by atoms with Crippen LogP contribution in [-0.4, -0.2) is 35.5 Å². The number of hydrogen-bond donors (Lipinski definition) is 3. The van der Waals surface area contributed by atoms with Crippen LogP contribution in [0.1, 0.15) is 25.6 Å².